The molecule has 12 heteroatoms. The van der Waals surface area contributed by atoms with E-state index in [1.54, 1.807) is 56.3 Å². The number of hydrogen-bond acceptors (Lipinski definition) is 10. The second-order valence-corrected chi connectivity index (χ2v) is 11.4. The van der Waals surface area contributed by atoms with Crippen molar-refractivity contribution in [1.29, 1.82) is 0 Å². The Balaban J connectivity index is 2.06. The van der Waals surface area contributed by atoms with Crippen LogP contribution in [-0.4, -0.2) is 67.3 Å². The van der Waals surface area contributed by atoms with Crippen molar-refractivity contribution in [2.75, 3.05) is 14.2 Å². The van der Waals surface area contributed by atoms with Crippen molar-refractivity contribution < 1.29 is 43.3 Å². The van der Waals surface area contributed by atoms with Gasteiger partial charge in [-0.1, -0.05) is 56.4 Å². The minimum atomic E-state index is -1.01. The van der Waals surface area contributed by atoms with E-state index in [9.17, 15) is 24.3 Å². The summed E-state index contributed by atoms with van der Waals surface area (Å²) in [4.78, 5) is 57.5. The molecule has 5 N–H and O–H groups in total. The fourth-order valence-electron chi connectivity index (χ4n) is 5.30. The van der Waals surface area contributed by atoms with Gasteiger partial charge in [0.05, 0.1) is 17.9 Å². The van der Waals surface area contributed by atoms with Gasteiger partial charge in [0.1, 0.15) is 11.8 Å². The molecule has 2 bridgehead atoms. The fourth-order valence-corrected chi connectivity index (χ4v) is 5.30. The highest BCUT2D eigenvalue weighted by molar-refractivity contribution is 6.23. The Bertz CT molecular complexity index is 1440. The zero-order valence-corrected chi connectivity index (χ0v) is 26.9. The molecule has 0 saturated heterocycles. The molecule has 12 nitrogen and oxygen atoms in total. The quantitative estimate of drug-likeness (QED) is 0.206. The number of aliphatic hydroxyl groups excluding tert-OH is 1. The predicted molar refractivity (Wildman–Crippen MR) is 170 cm³/mol. The topological polar surface area (TPSA) is 176 Å². The second-order valence-electron chi connectivity index (χ2n) is 11.4. The molecule has 0 radical (unpaired) electrons. The van der Waals surface area contributed by atoms with E-state index in [2.05, 4.69) is 10.8 Å². The average molecular weight is 638 g/mol. The van der Waals surface area contributed by atoms with E-state index >= 15 is 0 Å². The first-order chi connectivity index (χ1) is 21.9. The van der Waals surface area contributed by atoms with Gasteiger partial charge in [0.25, 0.3) is 5.91 Å². The molecule has 1 aliphatic heterocycles. The molecule has 1 aromatic carbocycles. The molecule has 0 unspecified atom stereocenters. The highest BCUT2D eigenvalue weighted by atomic mass is 16.6. The van der Waals surface area contributed by atoms with E-state index < -0.39 is 53.9 Å². The summed E-state index contributed by atoms with van der Waals surface area (Å²) in [5.41, 5.74) is 8.69. The number of hydroxylamine groups is 1. The lowest BCUT2D eigenvalue weighted by atomic mass is 9.85. The summed E-state index contributed by atoms with van der Waals surface area (Å²) in [6.07, 6.45) is 3.44. The minimum absolute atomic E-state index is 0.0488. The molecule has 6 atom stereocenters. The molecule has 1 aromatic rings. The molecule has 1 heterocycles. The molecule has 1 aliphatic carbocycles. The standard InChI is InChI=1S/C34H43N3O9/c1-19-15-24-29(37-46-23-12-8-7-9-13-23)26(38)18-25(31(24)40)36-33(41)20(2)11-10-14-27(43-5)32(45-34(35)42)22(4)17-21(3)30(39)28(16-19)44-6/h7-14,17-19,21,27-28,30,32,37,39H,15-16H2,1-6H3,(H2,35,42)(H,36,41)/b14-10-,20-11+,22-17+/t19-,21+,27+,28+,30-,32+/m1/s1. The van der Waals surface area contributed by atoms with E-state index in [-0.39, 0.29) is 34.9 Å². The van der Waals surface area contributed by atoms with Crippen LogP contribution in [0.25, 0.3) is 0 Å². The van der Waals surface area contributed by atoms with Crippen molar-refractivity contribution in [1.82, 2.24) is 10.8 Å². The molecule has 2 amide bonds. The number of methoxy groups -OCH3 is 2. The first-order valence-corrected chi connectivity index (χ1v) is 14.9. The smallest absolute Gasteiger partial charge is 0.405 e. The SMILES string of the molecule is CO[C@H]1/C=C\C=C(/C)C(=O)NC2=CC(=O)C(NOc3ccccc3)=C(C[C@@H](C)C[C@H](OC)[C@H](O)[C@@H](C)/C=C(\C)[C@@H]1OC(N)=O)C2=O. The molecular formula is C34H43N3O9. The van der Waals surface area contributed by atoms with Gasteiger partial charge in [-0.3, -0.25) is 14.4 Å². The Hall–Kier alpha value is -4.52. The Morgan fingerprint density at radius 3 is 2.39 bits per heavy atom. The van der Waals surface area contributed by atoms with Gasteiger partial charge < -0.3 is 35.2 Å². The summed E-state index contributed by atoms with van der Waals surface area (Å²) in [5, 5.41) is 13.9. The van der Waals surface area contributed by atoms with Crippen molar-refractivity contribution in [2.24, 2.45) is 17.6 Å². The number of nitrogens with one attached hydrogen (secondary N) is 2. The monoisotopic (exact) mass is 637 g/mol. The van der Waals surface area contributed by atoms with Crippen molar-refractivity contribution in [2.45, 2.75) is 65.0 Å². The molecule has 0 fully saturated rings. The van der Waals surface area contributed by atoms with Crippen LogP contribution >= 0.6 is 0 Å². The number of benzene rings is 1. The van der Waals surface area contributed by atoms with Gasteiger partial charge in [0, 0.05) is 37.4 Å². The highest BCUT2D eigenvalue weighted by Gasteiger charge is 2.34. The Labute approximate surface area is 268 Å². The van der Waals surface area contributed by atoms with Crippen LogP contribution in [0, 0.1) is 11.8 Å². The Morgan fingerprint density at radius 1 is 1.07 bits per heavy atom. The number of nitrogens with two attached hydrogens (primary N) is 1. The third kappa shape index (κ3) is 9.49. The third-order valence-electron chi connectivity index (χ3n) is 7.81. The van der Waals surface area contributed by atoms with Crippen LogP contribution < -0.4 is 21.4 Å². The number of Topliss-reactive ketones (excluding diaryl/α,β-unsaturated/α-hetero) is 1. The normalized spacial score (nSPS) is 29.8. The lowest BCUT2D eigenvalue weighted by Crippen LogP contribution is -2.38. The number of primary amides is 1. The number of carbonyl (C=O) groups is 4. The van der Waals surface area contributed by atoms with E-state index in [4.69, 9.17) is 24.8 Å². The maximum Gasteiger partial charge on any atom is 0.405 e. The molecule has 0 saturated carbocycles. The van der Waals surface area contributed by atoms with Crippen LogP contribution in [0.1, 0.15) is 40.5 Å². The van der Waals surface area contributed by atoms with Crippen LogP contribution in [-0.2, 0) is 28.6 Å². The van der Waals surface area contributed by atoms with Gasteiger partial charge in [-0.15, -0.1) is 0 Å². The van der Waals surface area contributed by atoms with Gasteiger partial charge >= 0.3 is 6.09 Å². The first-order valence-electron chi connectivity index (χ1n) is 14.9. The Morgan fingerprint density at radius 2 is 1.76 bits per heavy atom. The van der Waals surface area contributed by atoms with E-state index in [1.165, 1.54) is 27.2 Å². The molecule has 0 aromatic heterocycles. The number of carbonyl (C=O) groups excluding carboxylic acids is 4. The number of hydrogen-bond donors (Lipinski definition) is 4. The van der Waals surface area contributed by atoms with E-state index in [0.717, 1.165) is 6.08 Å². The molecule has 3 rings (SSSR count). The van der Waals surface area contributed by atoms with Crippen molar-refractivity contribution >= 4 is 23.6 Å². The zero-order chi connectivity index (χ0) is 34.0. The molecule has 0 spiro atoms. The van der Waals surface area contributed by atoms with Gasteiger partial charge in [-0.25, -0.2) is 10.3 Å². The van der Waals surface area contributed by atoms with Gasteiger partial charge in [0.15, 0.2) is 11.9 Å². The minimum Gasteiger partial charge on any atom is -0.439 e. The number of fused-ring (bicyclic) bond motifs is 2. The van der Waals surface area contributed by atoms with Crippen LogP contribution in [0.5, 0.6) is 5.75 Å². The van der Waals surface area contributed by atoms with Crippen LogP contribution in [0.2, 0.25) is 0 Å². The van der Waals surface area contributed by atoms with Crippen molar-refractivity contribution in [3.63, 3.8) is 0 Å². The van der Waals surface area contributed by atoms with Crippen molar-refractivity contribution in [3.8, 4) is 5.75 Å². The molecule has 46 heavy (non-hydrogen) atoms. The van der Waals surface area contributed by atoms with E-state index in [1.807, 2.05) is 13.0 Å². The average Bonchev–Trinajstić information content (AvgIpc) is 3.02. The van der Waals surface area contributed by atoms with Crippen LogP contribution in [0.4, 0.5) is 4.79 Å². The fraction of sp³-hybridized carbons (Fsp3) is 0.412. The third-order valence-corrected chi connectivity index (χ3v) is 7.81. The molecular weight excluding hydrogens is 594 g/mol. The second kappa shape index (κ2) is 16.7. The number of allylic oxidation sites excluding steroid dienone is 4. The summed E-state index contributed by atoms with van der Waals surface area (Å²) < 4.78 is 16.6. The van der Waals surface area contributed by atoms with Gasteiger partial charge in [-0.05, 0) is 50.3 Å². The Kier molecular flexibility index (Phi) is 13.0. The van der Waals surface area contributed by atoms with Crippen LogP contribution in [0.3, 0.4) is 0 Å². The highest BCUT2D eigenvalue weighted by Crippen LogP contribution is 2.29. The molecule has 248 valence electrons. The maximum absolute atomic E-state index is 13.8. The number of rotatable bonds is 6. The maximum atomic E-state index is 13.8. The summed E-state index contributed by atoms with van der Waals surface area (Å²) in [6, 6.07) is 8.70. The number of para-hydroxylation sites is 1. The lowest BCUT2D eigenvalue weighted by molar-refractivity contribution is -0.120. The summed E-state index contributed by atoms with van der Waals surface area (Å²) in [5.74, 6) is -2.02. The summed E-state index contributed by atoms with van der Waals surface area (Å²) >= 11 is 0. The zero-order valence-electron chi connectivity index (χ0n) is 26.9. The number of ketones is 2. The van der Waals surface area contributed by atoms with Crippen molar-refractivity contribution in [3.05, 3.63) is 88.8 Å². The summed E-state index contributed by atoms with van der Waals surface area (Å²) in [6.45, 7) is 6.92. The predicted octanol–water partition coefficient (Wildman–Crippen LogP) is 3.35. The number of amides is 2. The van der Waals surface area contributed by atoms with Crippen LogP contribution in [0.15, 0.2) is 88.8 Å². The lowest BCUT2D eigenvalue weighted by Gasteiger charge is -2.30. The summed E-state index contributed by atoms with van der Waals surface area (Å²) in [7, 11) is 2.90. The van der Waals surface area contributed by atoms with E-state index in [0.29, 0.717) is 17.7 Å². The van der Waals surface area contributed by atoms with Gasteiger partial charge in [0.2, 0.25) is 11.6 Å². The first kappa shape index (κ1) is 36.0. The molecule has 2 aliphatic rings. The number of aliphatic hydroxyl groups is 1. The number of ether oxygens (including phenoxy) is 3. The largest absolute Gasteiger partial charge is 0.439 e. The van der Waals surface area contributed by atoms with Gasteiger partial charge in [-0.2, -0.15) is 0 Å².